The summed E-state index contributed by atoms with van der Waals surface area (Å²) in [7, 11) is 0. The van der Waals surface area contributed by atoms with Crippen LogP contribution in [0.15, 0.2) is 41.4 Å². The van der Waals surface area contributed by atoms with Crippen molar-refractivity contribution in [3.05, 3.63) is 42.0 Å². The first-order valence-electron chi connectivity index (χ1n) is 8.40. The Kier molecular flexibility index (Phi) is 3.18. The quantitative estimate of drug-likeness (QED) is 0.620. The fourth-order valence-corrected chi connectivity index (χ4v) is 3.33. The zero-order valence-electron chi connectivity index (χ0n) is 13.8. The van der Waals surface area contributed by atoms with Gasteiger partial charge in [0.2, 0.25) is 5.95 Å². The lowest BCUT2D eigenvalue weighted by molar-refractivity contribution is 0.297. The van der Waals surface area contributed by atoms with E-state index in [1.54, 1.807) is 18.2 Å². The number of anilines is 1. The Morgan fingerprint density at radius 2 is 1.96 bits per heavy atom. The van der Waals surface area contributed by atoms with Crippen LogP contribution >= 0.6 is 0 Å². The minimum atomic E-state index is -0.437. The van der Waals surface area contributed by atoms with Crippen LogP contribution in [-0.4, -0.2) is 33.8 Å². The van der Waals surface area contributed by atoms with Gasteiger partial charge >= 0.3 is 0 Å². The molecule has 0 spiro atoms. The molecule has 0 unspecified atom stereocenters. The van der Waals surface area contributed by atoms with Crippen molar-refractivity contribution in [2.75, 3.05) is 18.5 Å². The molecule has 8 heteroatoms. The monoisotopic (exact) mass is 351 g/mol. The summed E-state index contributed by atoms with van der Waals surface area (Å²) in [5.41, 5.74) is 8.37. The predicted octanol–water partition coefficient (Wildman–Crippen LogP) is 2.19. The average molecular weight is 351 g/mol. The number of hydrogen-bond donors (Lipinski definition) is 3. The van der Waals surface area contributed by atoms with E-state index in [2.05, 4.69) is 15.3 Å². The van der Waals surface area contributed by atoms with E-state index in [9.17, 15) is 5.11 Å². The summed E-state index contributed by atoms with van der Waals surface area (Å²) in [5.74, 6) is 2.41. The van der Waals surface area contributed by atoms with Crippen LogP contribution in [0.3, 0.4) is 0 Å². The lowest BCUT2D eigenvalue weighted by Crippen LogP contribution is -2.31. The first kappa shape index (κ1) is 14.9. The van der Waals surface area contributed by atoms with Crippen molar-refractivity contribution in [1.82, 2.24) is 9.55 Å². The summed E-state index contributed by atoms with van der Waals surface area (Å²) < 4.78 is 13.5. The molecular formula is C18H17N5O3. The highest BCUT2D eigenvalue weighted by atomic mass is 16.5. The van der Waals surface area contributed by atoms with E-state index in [0.29, 0.717) is 30.7 Å². The first-order valence-corrected chi connectivity index (χ1v) is 8.40. The molecule has 26 heavy (non-hydrogen) atoms. The minimum absolute atomic E-state index is 0.173. The third-order valence-corrected chi connectivity index (χ3v) is 4.47. The number of rotatable bonds is 1. The molecule has 4 N–H and O–H groups in total. The number of ether oxygens (including phenoxy) is 2. The molecule has 132 valence electrons. The Labute approximate surface area is 148 Å². The number of phenolic OH excluding ortho intramolecular Hbond substituents is 1. The van der Waals surface area contributed by atoms with Gasteiger partial charge in [-0.15, -0.1) is 0 Å². The standard InChI is InChI=1S/C18H17N5O3/c19-17-21-16(10-3-1-4-11(24)7-10)23-13-9-15-14(25-5-2-6-26-15)8-12(13)20-18(23)22-17/h1,3-4,7-9,16,24H,2,5-6H2,(H3,19,20,21,22)/t16-/m0/s1. The molecule has 0 radical (unpaired) electrons. The topological polar surface area (TPSA) is 107 Å². The molecule has 2 aromatic carbocycles. The lowest BCUT2D eigenvalue weighted by Gasteiger charge is -2.24. The van der Waals surface area contributed by atoms with E-state index in [0.717, 1.165) is 23.0 Å². The van der Waals surface area contributed by atoms with E-state index in [-0.39, 0.29) is 11.7 Å². The minimum Gasteiger partial charge on any atom is -0.508 e. The Bertz CT molecular complexity index is 1040. The second kappa shape index (κ2) is 5.55. The highest BCUT2D eigenvalue weighted by Gasteiger charge is 2.27. The summed E-state index contributed by atoms with van der Waals surface area (Å²) >= 11 is 0. The zero-order chi connectivity index (χ0) is 17.7. The second-order valence-electron chi connectivity index (χ2n) is 6.25. The fourth-order valence-electron chi connectivity index (χ4n) is 3.33. The Hall–Kier alpha value is -3.42. The molecule has 8 nitrogen and oxygen atoms in total. The van der Waals surface area contributed by atoms with Gasteiger partial charge in [-0.2, -0.15) is 0 Å². The molecule has 1 atom stereocenters. The number of aromatic hydroxyl groups is 1. The number of nitrogens with two attached hydrogens (primary N) is 1. The molecule has 2 aliphatic rings. The molecular weight excluding hydrogens is 334 g/mol. The van der Waals surface area contributed by atoms with Gasteiger partial charge in [0.05, 0.1) is 24.2 Å². The summed E-state index contributed by atoms with van der Waals surface area (Å²) in [6, 6.07) is 10.8. The van der Waals surface area contributed by atoms with Gasteiger partial charge in [0, 0.05) is 24.1 Å². The van der Waals surface area contributed by atoms with Crippen molar-refractivity contribution in [1.29, 1.82) is 0 Å². The van der Waals surface area contributed by atoms with Crippen molar-refractivity contribution in [3.8, 4) is 17.2 Å². The number of hydrogen-bond acceptors (Lipinski definition) is 7. The predicted molar refractivity (Wildman–Crippen MR) is 96.8 cm³/mol. The van der Waals surface area contributed by atoms with Crippen LogP contribution in [0.1, 0.15) is 18.2 Å². The van der Waals surface area contributed by atoms with Crippen molar-refractivity contribution >= 4 is 22.9 Å². The van der Waals surface area contributed by atoms with Gasteiger partial charge < -0.3 is 20.3 Å². The van der Waals surface area contributed by atoms with Gasteiger partial charge in [0.25, 0.3) is 0 Å². The van der Waals surface area contributed by atoms with Gasteiger partial charge in [-0.05, 0) is 12.1 Å². The van der Waals surface area contributed by atoms with Crippen LogP contribution < -0.4 is 20.5 Å². The lowest BCUT2D eigenvalue weighted by atomic mass is 10.1. The first-order chi connectivity index (χ1) is 12.7. The number of aromatic nitrogens is 2. The number of nitrogens with zero attached hydrogens (tertiary/aromatic N) is 3. The Balaban J connectivity index is 1.72. The van der Waals surface area contributed by atoms with Crippen LogP contribution in [0.2, 0.25) is 0 Å². The molecule has 0 bridgehead atoms. The van der Waals surface area contributed by atoms with Crippen LogP contribution in [0.4, 0.5) is 5.95 Å². The molecule has 0 aliphatic carbocycles. The fraction of sp³-hybridized carbons (Fsp3) is 0.222. The van der Waals surface area contributed by atoms with Crippen molar-refractivity contribution in [2.24, 2.45) is 10.7 Å². The molecule has 2 aliphatic heterocycles. The van der Waals surface area contributed by atoms with E-state index in [4.69, 9.17) is 15.2 Å². The highest BCUT2D eigenvalue weighted by molar-refractivity contribution is 5.95. The van der Waals surface area contributed by atoms with E-state index < -0.39 is 6.17 Å². The molecule has 0 fully saturated rings. The van der Waals surface area contributed by atoms with E-state index in [1.807, 2.05) is 22.8 Å². The van der Waals surface area contributed by atoms with Gasteiger partial charge in [-0.1, -0.05) is 12.1 Å². The molecule has 5 rings (SSSR count). The van der Waals surface area contributed by atoms with Gasteiger partial charge in [-0.25, -0.2) is 9.98 Å². The molecule has 3 heterocycles. The normalized spacial score (nSPS) is 18.6. The summed E-state index contributed by atoms with van der Waals surface area (Å²) in [6.45, 7) is 1.23. The van der Waals surface area contributed by atoms with Crippen molar-refractivity contribution in [3.63, 3.8) is 0 Å². The van der Waals surface area contributed by atoms with Crippen LogP contribution in [0.5, 0.6) is 17.2 Å². The SMILES string of the molecule is NC1=N[C@H](c2cccc(O)c2)n2c(nc3cc4c(cc32)OCCCO4)N1. The van der Waals surface area contributed by atoms with Gasteiger partial charge in [-0.3, -0.25) is 9.88 Å². The largest absolute Gasteiger partial charge is 0.508 e. The second-order valence-corrected chi connectivity index (χ2v) is 6.25. The third kappa shape index (κ3) is 2.30. The highest BCUT2D eigenvalue weighted by Crippen LogP contribution is 2.39. The van der Waals surface area contributed by atoms with E-state index >= 15 is 0 Å². The van der Waals surface area contributed by atoms with Gasteiger partial charge in [0.15, 0.2) is 23.6 Å². The maximum Gasteiger partial charge on any atom is 0.212 e. The summed E-state index contributed by atoms with van der Waals surface area (Å²) in [4.78, 5) is 9.14. The van der Waals surface area contributed by atoms with Crippen molar-refractivity contribution in [2.45, 2.75) is 12.6 Å². The number of benzene rings is 2. The number of guanidine groups is 1. The van der Waals surface area contributed by atoms with E-state index in [1.165, 1.54) is 0 Å². The van der Waals surface area contributed by atoms with Crippen LogP contribution in [0.25, 0.3) is 11.0 Å². The summed E-state index contributed by atoms with van der Waals surface area (Å²) in [6.07, 6.45) is 0.402. The smallest absolute Gasteiger partial charge is 0.212 e. The Morgan fingerprint density at radius 3 is 2.77 bits per heavy atom. The maximum absolute atomic E-state index is 9.85. The number of phenols is 1. The molecule has 0 amide bonds. The third-order valence-electron chi connectivity index (χ3n) is 4.47. The molecule has 1 aromatic heterocycles. The molecule has 0 saturated carbocycles. The zero-order valence-corrected chi connectivity index (χ0v) is 13.8. The average Bonchev–Trinajstić information content (AvgIpc) is 2.81. The van der Waals surface area contributed by atoms with Crippen LogP contribution in [-0.2, 0) is 0 Å². The maximum atomic E-state index is 9.85. The number of imidazole rings is 1. The molecule has 3 aromatic rings. The van der Waals surface area contributed by atoms with Crippen LogP contribution in [0, 0.1) is 0 Å². The number of nitrogens with one attached hydrogen (secondary N) is 1. The summed E-state index contributed by atoms with van der Waals surface area (Å²) in [5, 5.41) is 12.9. The number of fused-ring (bicyclic) bond motifs is 4. The van der Waals surface area contributed by atoms with Crippen molar-refractivity contribution < 1.29 is 14.6 Å². The Morgan fingerprint density at radius 1 is 1.15 bits per heavy atom. The van der Waals surface area contributed by atoms with Gasteiger partial charge in [0.1, 0.15) is 5.75 Å². The molecule has 0 saturated heterocycles. The number of aliphatic imine (C=N–C) groups is 1.